The van der Waals surface area contributed by atoms with E-state index in [-0.39, 0.29) is 11.5 Å². The van der Waals surface area contributed by atoms with Crippen LogP contribution in [0.25, 0.3) is 0 Å². The summed E-state index contributed by atoms with van der Waals surface area (Å²) in [6.45, 7) is 2.04. The number of phenolic OH excluding ortho intramolecular Hbond substituents is 2. The first kappa shape index (κ1) is 13.9. The first-order chi connectivity index (χ1) is 9.65. The van der Waals surface area contributed by atoms with Gasteiger partial charge in [-0.1, -0.05) is 19.1 Å². The maximum atomic E-state index is 9.96. The summed E-state index contributed by atoms with van der Waals surface area (Å²) in [5.74, 6) is 0.534. The van der Waals surface area contributed by atoms with E-state index in [4.69, 9.17) is 4.74 Å². The second kappa shape index (κ2) is 6.10. The van der Waals surface area contributed by atoms with Crippen LogP contribution in [0.1, 0.15) is 18.1 Å². The van der Waals surface area contributed by atoms with Crippen LogP contribution in [0.4, 0.5) is 5.69 Å². The van der Waals surface area contributed by atoms with Gasteiger partial charge in [0.2, 0.25) is 0 Å². The van der Waals surface area contributed by atoms with Gasteiger partial charge in [-0.3, -0.25) is 4.99 Å². The highest BCUT2D eigenvalue weighted by atomic mass is 16.5. The molecule has 0 saturated heterocycles. The molecule has 0 aromatic heterocycles. The van der Waals surface area contributed by atoms with Crippen LogP contribution in [-0.4, -0.2) is 23.5 Å². The number of hydrogen-bond donors (Lipinski definition) is 2. The summed E-state index contributed by atoms with van der Waals surface area (Å²) in [6, 6.07) is 10.5. The standard InChI is InChI=1S/C16H17NO3/c1-3-11-7-8-14(18)13(9-11)17-10-12-5-4-6-15(20-2)16(12)19/h4-10,18-19H,3H2,1-2H3. The zero-order chi connectivity index (χ0) is 14.5. The zero-order valence-electron chi connectivity index (χ0n) is 11.5. The fourth-order valence-electron chi connectivity index (χ4n) is 1.84. The minimum absolute atomic E-state index is 0.0323. The number of benzene rings is 2. The first-order valence-electron chi connectivity index (χ1n) is 6.37. The van der Waals surface area contributed by atoms with Gasteiger partial charge in [0, 0.05) is 11.8 Å². The predicted octanol–water partition coefficient (Wildman–Crippen LogP) is 3.42. The molecule has 2 N–H and O–H groups in total. The van der Waals surface area contributed by atoms with Gasteiger partial charge in [-0.05, 0) is 36.2 Å². The molecule has 0 amide bonds. The van der Waals surface area contributed by atoms with Crippen LogP contribution in [0, 0.1) is 0 Å². The van der Waals surface area contributed by atoms with Gasteiger partial charge in [0.15, 0.2) is 11.5 Å². The highest BCUT2D eigenvalue weighted by Crippen LogP contribution is 2.30. The Morgan fingerprint density at radius 3 is 2.70 bits per heavy atom. The minimum atomic E-state index is 0.0323. The quantitative estimate of drug-likeness (QED) is 0.837. The van der Waals surface area contributed by atoms with Crippen molar-refractivity contribution in [1.29, 1.82) is 0 Å². The van der Waals surface area contributed by atoms with Crippen molar-refractivity contribution in [1.82, 2.24) is 0 Å². The Bertz CT molecular complexity index is 632. The van der Waals surface area contributed by atoms with E-state index < -0.39 is 0 Å². The van der Waals surface area contributed by atoms with E-state index in [1.54, 1.807) is 24.3 Å². The van der Waals surface area contributed by atoms with Gasteiger partial charge in [-0.25, -0.2) is 0 Å². The molecule has 2 aromatic carbocycles. The third kappa shape index (κ3) is 2.91. The van der Waals surface area contributed by atoms with Crippen LogP contribution in [0.5, 0.6) is 17.2 Å². The number of nitrogens with zero attached hydrogens (tertiary/aromatic N) is 1. The summed E-state index contributed by atoms with van der Waals surface area (Å²) in [4.78, 5) is 4.23. The molecule has 20 heavy (non-hydrogen) atoms. The number of aromatic hydroxyl groups is 2. The lowest BCUT2D eigenvalue weighted by molar-refractivity contribution is 0.373. The van der Waals surface area contributed by atoms with E-state index >= 15 is 0 Å². The molecule has 2 aromatic rings. The molecule has 0 fully saturated rings. The molecule has 0 bridgehead atoms. The van der Waals surface area contributed by atoms with Crippen molar-refractivity contribution in [2.75, 3.05) is 7.11 Å². The van der Waals surface area contributed by atoms with Crippen LogP contribution in [0.3, 0.4) is 0 Å². The van der Waals surface area contributed by atoms with Gasteiger partial charge in [-0.2, -0.15) is 0 Å². The van der Waals surface area contributed by atoms with E-state index in [2.05, 4.69) is 4.99 Å². The van der Waals surface area contributed by atoms with Gasteiger partial charge < -0.3 is 14.9 Å². The van der Waals surface area contributed by atoms with Crippen LogP contribution in [0.15, 0.2) is 41.4 Å². The summed E-state index contributed by atoms with van der Waals surface area (Å²) in [5, 5.41) is 19.7. The van der Waals surface area contributed by atoms with Gasteiger partial charge in [0.05, 0.1) is 7.11 Å². The summed E-state index contributed by atoms with van der Waals surface area (Å²) >= 11 is 0. The molecule has 0 aliphatic heterocycles. The largest absolute Gasteiger partial charge is 0.506 e. The Labute approximate surface area is 118 Å². The van der Waals surface area contributed by atoms with E-state index in [9.17, 15) is 10.2 Å². The van der Waals surface area contributed by atoms with E-state index in [1.165, 1.54) is 13.3 Å². The highest BCUT2D eigenvalue weighted by molar-refractivity contribution is 5.87. The van der Waals surface area contributed by atoms with Crippen LogP contribution < -0.4 is 4.74 Å². The van der Waals surface area contributed by atoms with Crippen molar-refractivity contribution in [3.8, 4) is 17.2 Å². The molecule has 2 rings (SSSR count). The number of para-hydroxylation sites is 1. The average Bonchev–Trinajstić information content (AvgIpc) is 2.47. The van der Waals surface area contributed by atoms with Crippen molar-refractivity contribution in [2.45, 2.75) is 13.3 Å². The second-order valence-corrected chi connectivity index (χ2v) is 4.33. The van der Waals surface area contributed by atoms with Gasteiger partial charge in [0.25, 0.3) is 0 Å². The molecule has 0 atom stereocenters. The van der Waals surface area contributed by atoms with Crippen molar-refractivity contribution in [3.05, 3.63) is 47.5 Å². The lowest BCUT2D eigenvalue weighted by atomic mass is 10.1. The number of phenols is 2. The molecule has 4 nitrogen and oxygen atoms in total. The molecule has 0 unspecified atom stereocenters. The Kier molecular flexibility index (Phi) is 4.25. The monoisotopic (exact) mass is 271 g/mol. The van der Waals surface area contributed by atoms with E-state index in [1.807, 2.05) is 19.1 Å². The molecular weight excluding hydrogens is 254 g/mol. The zero-order valence-corrected chi connectivity index (χ0v) is 11.5. The average molecular weight is 271 g/mol. The smallest absolute Gasteiger partial charge is 0.166 e. The molecule has 0 spiro atoms. The van der Waals surface area contributed by atoms with E-state index in [0.29, 0.717) is 17.0 Å². The topological polar surface area (TPSA) is 62.1 Å². The molecule has 4 heteroatoms. The number of ether oxygens (including phenoxy) is 1. The first-order valence-corrected chi connectivity index (χ1v) is 6.37. The molecule has 0 aliphatic carbocycles. The summed E-state index contributed by atoms with van der Waals surface area (Å²) in [5.41, 5.74) is 2.10. The van der Waals surface area contributed by atoms with E-state index in [0.717, 1.165) is 12.0 Å². The van der Waals surface area contributed by atoms with Crippen molar-refractivity contribution < 1.29 is 14.9 Å². The predicted molar refractivity (Wildman–Crippen MR) is 79.4 cm³/mol. The summed E-state index contributed by atoms with van der Waals surface area (Å²) in [7, 11) is 1.49. The number of aryl methyl sites for hydroxylation is 1. The van der Waals surface area contributed by atoms with Gasteiger partial charge in [0.1, 0.15) is 11.4 Å². The fourth-order valence-corrected chi connectivity index (χ4v) is 1.84. The Morgan fingerprint density at radius 2 is 2.00 bits per heavy atom. The number of aliphatic imine (C=N–C) groups is 1. The Hall–Kier alpha value is -2.49. The lowest BCUT2D eigenvalue weighted by Crippen LogP contribution is -1.88. The Balaban J connectivity index is 2.34. The normalized spacial score (nSPS) is 10.9. The molecular formula is C16H17NO3. The number of methoxy groups -OCH3 is 1. The third-order valence-corrected chi connectivity index (χ3v) is 3.04. The second-order valence-electron chi connectivity index (χ2n) is 4.33. The molecule has 0 saturated carbocycles. The highest BCUT2D eigenvalue weighted by Gasteiger charge is 2.05. The fraction of sp³-hybridized carbons (Fsp3) is 0.188. The molecule has 0 heterocycles. The molecule has 104 valence electrons. The van der Waals surface area contributed by atoms with Crippen molar-refractivity contribution in [3.63, 3.8) is 0 Å². The van der Waals surface area contributed by atoms with Crippen LogP contribution in [-0.2, 0) is 6.42 Å². The SMILES string of the molecule is CCc1ccc(O)c(N=Cc2cccc(OC)c2O)c1. The minimum Gasteiger partial charge on any atom is -0.506 e. The van der Waals surface area contributed by atoms with Gasteiger partial charge in [-0.15, -0.1) is 0 Å². The molecule has 0 radical (unpaired) electrons. The summed E-state index contributed by atoms with van der Waals surface area (Å²) in [6.07, 6.45) is 2.37. The van der Waals surface area contributed by atoms with Crippen LogP contribution in [0.2, 0.25) is 0 Å². The van der Waals surface area contributed by atoms with Gasteiger partial charge >= 0.3 is 0 Å². The lowest BCUT2D eigenvalue weighted by Gasteiger charge is -2.05. The number of hydrogen-bond acceptors (Lipinski definition) is 4. The summed E-state index contributed by atoms with van der Waals surface area (Å²) < 4.78 is 5.04. The van der Waals surface area contributed by atoms with Crippen LogP contribution >= 0.6 is 0 Å². The number of rotatable bonds is 4. The third-order valence-electron chi connectivity index (χ3n) is 3.04. The molecule has 0 aliphatic rings. The van der Waals surface area contributed by atoms with Crippen molar-refractivity contribution >= 4 is 11.9 Å². The van der Waals surface area contributed by atoms with Crippen molar-refractivity contribution in [2.24, 2.45) is 4.99 Å². The Morgan fingerprint density at radius 1 is 1.20 bits per heavy atom. The maximum absolute atomic E-state index is 9.96. The maximum Gasteiger partial charge on any atom is 0.166 e.